The number of carboxylic acids is 1. The highest BCUT2D eigenvalue weighted by atomic mass is 16.4. The Hall–Kier alpha value is -0.570. The van der Waals surface area contributed by atoms with Crippen LogP contribution >= 0.6 is 0 Å². The van der Waals surface area contributed by atoms with E-state index in [1.165, 1.54) is 12.8 Å². The van der Waals surface area contributed by atoms with E-state index in [1.807, 2.05) is 0 Å². The molecule has 3 atom stereocenters. The van der Waals surface area contributed by atoms with Crippen molar-refractivity contribution in [2.24, 2.45) is 5.92 Å². The number of carboxylic acid groups (broad SMARTS) is 1. The lowest BCUT2D eigenvalue weighted by molar-refractivity contribution is -0.139. The fraction of sp³-hybridized carbons (Fsp3) is 0.909. The molecule has 3 heteroatoms. The van der Waals surface area contributed by atoms with E-state index in [9.17, 15) is 4.79 Å². The molecule has 0 rings (SSSR count). The Morgan fingerprint density at radius 1 is 1.36 bits per heavy atom. The Balaban J connectivity index is 3.81. The number of unbranched alkanes of at least 4 members (excludes halogenated alkanes) is 1. The summed E-state index contributed by atoms with van der Waals surface area (Å²) >= 11 is 0. The molecule has 2 N–H and O–H groups in total. The SMILES string of the molecule is CCCCC(C)C(C)N[C@@H](C)C(=O)O. The molecule has 0 saturated heterocycles. The zero-order chi connectivity index (χ0) is 11.1. The molecule has 0 aromatic carbocycles. The average molecular weight is 201 g/mol. The lowest BCUT2D eigenvalue weighted by Gasteiger charge is -2.23. The molecule has 14 heavy (non-hydrogen) atoms. The predicted molar refractivity (Wildman–Crippen MR) is 58.4 cm³/mol. The summed E-state index contributed by atoms with van der Waals surface area (Å²) < 4.78 is 0. The minimum atomic E-state index is -0.778. The third kappa shape index (κ3) is 5.22. The third-order valence-corrected chi connectivity index (χ3v) is 2.75. The number of nitrogens with one attached hydrogen (secondary N) is 1. The second kappa shape index (κ2) is 6.82. The van der Waals surface area contributed by atoms with Crippen LogP contribution in [-0.4, -0.2) is 23.2 Å². The lowest BCUT2D eigenvalue weighted by atomic mass is 9.96. The lowest BCUT2D eigenvalue weighted by Crippen LogP contribution is -2.42. The van der Waals surface area contributed by atoms with Crippen molar-refractivity contribution < 1.29 is 9.90 Å². The molecule has 0 radical (unpaired) electrons. The molecule has 3 nitrogen and oxygen atoms in total. The highest BCUT2D eigenvalue weighted by Gasteiger charge is 2.17. The minimum absolute atomic E-state index is 0.271. The zero-order valence-electron chi connectivity index (χ0n) is 9.71. The monoisotopic (exact) mass is 201 g/mol. The number of hydrogen-bond donors (Lipinski definition) is 2. The van der Waals surface area contributed by atoms with Gasteiger partial charge in [-0.25, -0.2) is 0 Å². The molecule has 0 aliphatic rings. The molecule has 0 bridgehead atoms. The summed E-state index contributed by atoms with van der Waals surface area (Å²) in [7, 11) is 0. The van der Waals surface area contributed by atoms with E-state index >= 15 is 0 Å². The molecule has 0 saturated carbocycles. The third-order valence-electron chi connectivity index (χ3n) is 2.75. The van der Waals surface area contributed by atoms with Crippen molar-refractivity contribution in [1.82, 2.24) is 5.32 Å². The average Bonchev–Trinajstić information content (AvgIpc) is 2.13. The van der Waals surface area contributed by atoms with Crippen LogP contribution < -0.4 is 5.32 Å². The van der Waals surface area contributed by atoms with Crippen molar-refractivity contribution in [2.45, 2.75) is 59.0 Å². The first kappa shape index (κ1) is 13.4. The first-order valence-electron chi connectivity index (χ1n) is 5.47. The Kier molecular flexibility index (Phi) is 6.54. The quantitative estimate of drug-likeness (QED) is 0.664. The number of hydrogen-bond acceptors (Lipinski definition) is 2. The van der Waals surface area contributed by atoms with Gasteiger partial charge in [-0.3, -0.25) is 4.79 Å². The Bertz CT molecular complexity index is 171. The van der Waals surface area contributed by atoms with Crippen LogP contribution in [0.5, 0.6) is 0 Å². The number of rotatable bonds is 7. The summed E-state index contributed by atoms with van der Waals surface area (Å²) in [5, 5.41) is 11.8. The topological polar surface area (TPSA) is 49.3 Å². The maximum Gasteiger partial charge on any atom is 0.320 e. The summed E-state index contributed by atoms with van der Waals surface area (Å²) in [6.45, 7) is 8.08. The number of aliphatic carboxylic acids is 1. The molecular formula is C11H23NO2. The van der Waals surface area contributed by atoms with E-state index in [4.69, 9.17) is 5.11 Å². The van der Waals surface area contributed by atoms with Gasteiger partial charge in [0, 0.05) is 6.04 Å². The molecule has 2 unspecified atom stereocenters. The zero-order valence-corrected chi connectivity index (χ0v) is 9.71. The van der Waals surface area contributed by atoms with Crippen molar-refractivity contribution in [3.63, 3.8) is 0 Å². The van der Waals surface area contributed by atoms with Crippen molar-refractivity contribution in [2.75, 3.05) is 0 Å². The highest BCUT2D eigenvalue weighted by molar-refractivity contribution is 5.72. The van der Waals surface area contributed by atoms with E-state index in [0.717, 1.165) is 6.42 Å². The second-order valence-electron chi connectivity index (χ2n) is 4.13. The van der Waals surface area contributed by atoms with Gasteiger partial charge in [0.05, 0.1) is 0 Å². The van der Waals surface area contributed by atoms with Crippen LogP contribution in [0.15, 0.2) is 0 Å². The summed E-state index contributed by atoms with van der Waals surface area (Å²) in [6.07, 6.45) is 3.58. The van der Waals surface area contributed by atoms with Crippen molar-refractivity contribution in [3.8, 4) is 0 Å². The van der Waals surface area contributed by atoms with Crippen LogP contribution in [0.1, 0.15) is 47.0 Å². The molecule has 0 aromatic rings. The molecule has 0 fully saturated rings. The van der Waals surface area contributed by atoms with Gasteiger partial charge in [0.2, 0.25) is 0 Å². The summed E-state index contributed by atoms with van der Waals surface area (Å²) in [5.74, 6) is -0.240. The first-order valence-corrected chi connectivity index (χ1v) is 5.47. The van der Waals surface area contributed by atoms with Gasteiger partial charge in [-0.05, 0) is 26.2 Å². The van der Waals surface area contributed by atoms with Crippen LogP contribution in [0.4, 0.5) is 0 Å². The Labute approximate surface area is 86.9 Å². The van der Waals surface area contributed by atoms with Crippen molar-refractivity contribution >= 4 is 5.97 Å². The predicted octanol–water partition coefficient (Wildman–Crippen LogP) is 2.26. The molecular weight excluding hydrogens is 178 g/mol. The van der Waals surface area contributed by atoms with Crippen LogP contribution in [-0.2, 0) is 4.79 Å². The number of carbonyl (C=O) groups is 1. The van der Waals surface area contributed by atoms with Gasteiger partial charge < -0.3 is 10.4 Å². The summed E-state index contributed by atoms with van der Waals surface area (Å²) in [5.41, 5.74) is 0. The summed E-state index contributed by atoms with van der Waals surface area (Å²) in [6, 6.07) is -0.179. The summed E-state index contributed by atoms with van der Waals surface area (Å²) in [4.78, 5) is 10.6. The molecule has 0 aliphatic carbocycles. The molecule has 0 amide bonds. The van der Waals surface area contributed by atoms with Crippen LogP contribution in [0.25, 0.3) is 0 Å². The van der Waals surface area contributed by atoms with Crippen molar-refractivity contribution in [3.05, 3.63) is 0 Å². The normalized spacial score (nSPS) is 17.4. The standard InChI is InChI=1S/C11H23NO2/c1-5-6-7-8(2)9(3)12-10(4)11(13)14/h8-10,12H,5-7H2,1-4H3,(H,13,14)/t8?,9?,10-/m0/s1. The second-order valence-corrected chi connectivity index (χ2v) is 4.13. The molecule has 0 spiro atoms. The van der Waals surface area contributed by atoms with Crippen LogP contribution in [0.3, 0.4) is 0 Å². The van der Waals surface area contributed by atoms with Crippen molar-refractivity contribution in [1.29, 1.82) is 0 Å². The van der Waals surface area contributed by atoms with Crippen LogP contribution in [0, 0.1) is 5.92 Å². The van der Waals surface area contributed by atoms with Gasteiger partial charge in [0.15, 0.2) is 0 Å². The van der Waals surface area contributed by atoms with Gasteiger partial charge >= 0.3 is 5.97 Å². The van der Waals surface area contributed by atoms with Gasteiger partial charge in [-0.15, -0.1) is 0 Å². The first-order chi connectivity index (χ1) is 6.49. The van der Waals surface area contributed by atoms with Gasteiger partial charge in [-0.2, -0.15) is 0 Å². The fourth-order valence-electron chi connectivity index (χ4n) is 1.41. The molecule has 84 valence electrons. The van der Waals surface area contributed by atoms with E-state index in [-0.39, 0.29) is 6.04 Å². The Morgan fingerprint density at radius 3 is 2.36 bits per heavy atom. The smallest absolute Gasteiger partial charge is 0.320 e. The van der Waals surface area contributed by atoms with E-state index in [0.29, 0.717) is 5.92 Å². The maximum absolute atomic E-state index is 10.6. The van der Waals surface area contributed by atoms with Crippen LogP contribution in [0.2, 0.25) is 0 Å². The molecule has 0 heterocycles. The highest BCUT2D eigenvalue weighted by Crippen LogP contribution is 2.12. The molecule has 0 aliphatic heterocycles. The van der Waals surface area contributed by atoms with E-state index < -0.39 is 12.0 Å². The maximum atomic E-state index is 10.6. The minimum Gasteiger partial charge on any atom is -0.480 e. The van der Waals surface area contributed by atoms with E-state index in [1.54, 1.807) is 6.92 Å². The van der Waals surface area contributed by atoms with E-state index in [2.05, 4.69) is 26.1 Å². The molecule has 0 aromatic heterocycles. The largest absolute Gasteiger partial charge is 0.480 e. The fourth-order valence-corrected chi connectivity index (χ4v) is 1.41. The van der Waals surface area contributed by atoms with Gasteiger partial charge in [0.1, 0.15) is 6.04 Å². The van der Waals surface area contributed by atoms with Gasteiger partial charge in [0.25, 0.3) is 0 Å². The van der Waals surface area contributed by atoms with Gasteiger partial charge in [-0.1, -0.05) is 26.7 Å². The Morgan fingerprint density at radius 2 is 1.93 bits per heavy atom.